The van der Waals surface area contributed by atoms with Gasteiger partial charge in [0.05, 0.1) is 0 Å². The van der Waals surface area contributed by atoms with E-state index in [9.17, 15) is 0 Å². The molecular formula is C20H27NOS. The van der Waals surface area contributed by atoms with Crippen LogP contribution in [0.25, 0.3) is 0 Å². The van der Waals surface area contributed by atoms with Crippen molar-refractivity contribution >= 4 is 17.4 Å². The van der Waals surface area contributed by atoms with Crippen LogP contribution in [0.15, 0.2) is 42.0 Å². The molecule has 0 N–H and O–H groups in total. The van der Waals surface area contributed by atoms with Gasteiger partial charge in [0.1, 0.15) is 6.10 Å². The lowest BCUT2D eigenvalue weighted by Crippen LogP contribution is -2.33. The Kier molecular flexibility index (Phi) is 6.09. The van der Waals surface area contributed by atoms with Crippen LogP contribution in [-0.2, 0) is 11.2 Å². The van der Waals surface area contributed by atoms with Crippen LogP contribution in [0, 0.1) is 0 Å². The summed E-state index contributed by atoms with van der Waals surface area (Å²) in [5.41, 5.74) is 2.85. The number of aryl methyl sites for hydroxylation is 1. The maximum Gasteiger partial charge on any atom is 0.259 e. The van der Waals surface area contributed by atoms with Gasteiger partial charge in [-0.05, 0) is 74.7 Å². The summed E-state index contributed by atoms with van der Waals surface area (Å²) in [6.45, 7) is 2.12. The lowest BCUT2D eigenvalue weighted by molar-refractivity contribution is 0.178. The van der Waals surface area contributed by atoms with Gasteiger partial charge in [0, 0.05) is 13.1 Å². The van der Waals surface area contributed by atoms with Gasteiger partial charge in [-0.1, -0.05) is 36.4 Å². The molecule has 1 aliphatic carbocycles. The molecule has 3 rings (SSSR count). The molecule has 1 atom stereocenters. The van der Waals surface area contributed by atoms with Crippen LogP contribution in [0.1, 0.15) is 50.5 Å². The van der Waals surface area contributed by atoms with Crippen molar-refractivity contribution in [1.82, 2.24) is 4.90 Å². The highest BCUT2D eigenvalue weighted by atomic mass is 32.1. The molecule has 3 heteroatoms. The molecule has 0 bridgehead atoms. The summed E-state index contributed by atoms with van der Waals surface area (Å²) in [6.07, 6.45) is 12.0. The van der Waals surface area contributed by atoms with E-state index in [0.717, 1.165) is 25.9 Å². The zero-order valence-electron chi connectivity index (χ0n) is 13.9. The second kappa shape index (κ2) is 8.49. The van der Waals surface area contributed by atoms with E-state index in [4.69, 9.17) is 17.0 Å². The number of allylic oxidation sites excluding steroid dienone is 1. The summed E-state index contributed by atoms with van der Waals surface area (Å²) in [5.74, 6) is 0. The van der Waals surface area contributed by atoms with Crippen LogP contribution in [0.2, 0.25) is 0 Å². The first-order valence-corrected chi connectivity index (χ1v) is 9.42. The van der Waals surface area contributed by atoms with Crippen LogP contribution >= 0.6 is 12.2 Å². The first-order valence-electron chi connectivity index (χ1n) is 9.01. The largest absolute Gasteiger partial charge is 0.463 e. The number of thiocarbonyl (C=S) groups is 1. The number of ether oxygens (including phenoxy) is 1. The topological polar surface area (TPSA) is 12.5 Å². The molecule has 1 heterocycles. The van der Waals surface area contributed by atoms with Gasteiger partial charge in [0.2, 0.25) is 0 Å². The zero-order chi connectivity index (χ0) is 15.9. The SMILES string of the molecule is S=C(OC(CCc1ccccc1)C1=CCCCC1)N1CCCC1. The second-order valence-electron chi connectivity index (χ2n) is 6.62. The molecule has 2 nitrogen and oxygen atoms in total. The van der Waals surface area contributed by atoms with Crippen molar-refractivity contribution in [3.8, 4) is 0 Å². The Balaban J connectivity index is 1.63. The minimum Gasteiger partial charge on any atom is -0.463 e. The summed E-state index contributed by atoms with van der Waals surface area (Å²) >= 11 is 5.57. The van der Waals surface area contributed by atoms with Gasteiger partial charge in [-0.25, -0.2) is 0 Å². The average Bonchev–Trinajstić information content (AvgIpc) is 3.15. The van der Waals surface area contributed by atoms with Crippen molar-refractivity contribution in [2.24, 2.45) is 0 Å². The van der Waals surface area contributed by atoms with Gasteiger partial charge in [-0.15, -0.1) is 0 Å². The summed E-state index contributed by atoms with van der Waals surface area (Å²) in [7, 11) is 0. The van der Waals surface area contributed by atoms with Crippen molar-refractivity contribution in [1.29, 1.82) is 0 Å². The molecule has 0 amide bonds. The highest BCUT2D eigenvalue weighted by molar-refractivity contribution is 7.80. The third-order valence-corrected chi connectivity index (χ3v) is 5.24. The smallest absolute Gasteiger partial charge is 0.259 e. The number of nitrogens with zero attached hydrogens (tertiary/aromatic N) is 1. The van der Waals surface area contributed by atoms with Gasteiger partial charge in [-0.2, -0.15) is 0 Å². The fourth-order valence-corrected chi connectivity index (χ4v) is 3.81. The quantitative estimate of drug-likeness (QED) is 0.564. The highest BCUT2D eigenvalue weighted by Crippen LogP contribution is 2.26. The minimum atomic E-state index is 0.156. The van der Waals surface area contributed by atoms with Gasteiger partial charge >= 0.3 is 0 Å². The Morgan fingerprint density at radius 2 is 1.87 bits per heavy atom. The summed E-state index contributed by atoms with van der Waals surface area (Å²) < 4.78 is 6.28. The Hall–Kier alpha value is -1.35. The Morgan fingerprint density at radius 1 is 1.09 bits per heavy atom. The normalized spacial score (nSPS) is 19.3. The van der Waals surface area contributed by atoms with Crippen molar-refractivity contribution in [3.05, 3.63) is 47.5 Å². The molecule has 1 aliphatic heterocycles. The minimum absolute atomic E-state index is 0.156. The summed E-state index contributed by atoms with van der Waals surface area (Å²) in [4.78, 5) is 2.23. The van der Waals surface area contributed by atoms with E-state index in [1.807, 2.05) is 0 Å². The number of benzene rings is 1. The fraction of sp³-hybridized carbons (Fsp3) is 0.550. The zero-order valence-corrected chi connectivity index (χ0v) is 14.7. The average molecular weight is 330 g/mol. The van der Waals surface area contributed by atoms with Gasteiger partial charge < -0.3 is 9.64 Å². The molecule has 23 heavy (non-hydrogen) atoms. The molecule has 0 aromatic heterocycles. The fourth-order valence-electron chi connectivity index (χ4n) is 3.51. The number of likely N-dealkylation sites (tertiary alicyclic amines) is 1. The molecule has 124 valence electrons. The van der Waals surface area contributed by atoms with Gasteiger partial charge in [-0.3, -0.25) is 0 Å². The Bertz CT molecular complexity index is 534. The lowest BCUT2D eigenvalue weighted by Gasteiger charge is -2.28. The summed E-state index contributed by atoms with van der Waals surface area (Å²) in [5, 5.41) is 0.715. The number of hydrogen-bond acceptors (Lipinski definition) is 2. The monoisotopic (exact) mass is 329 g/mol. The lowest BCUT2D eigenvalue weighted by atomic mass is 9.92. The molecule has 0 radical (unpaired) electrons. The molecule has 0 spiro atoms. The molecule has 1 unspecified atom stereocenters. The van der Waals surface area contributed by atoms with Crippen molar-refractivity contribution in [3.63, 3.8) is 0 Å². The predicted molar refractivity (Wildman–Crippen MR) is 99.6 cm³/mol. The molecule has 1 fully saturated rings. The standard InChI is InChI=1S/C20H27NOS/c23-20(21-15-7-8-16-21)22-19(18-11-5-2-6-12-18)14-13-17-9-3-1-4-10-17/h1,3-4,9-11,19H,2,5-8,12-16H2. The van der Waals surface area contributed by atoms with Gasteiger partial charge in [0.15, 0.2) is 0 Å². The van der Waals surface area contributed by atoms with Crippen LogP contribution < -0.4 is 0 Å². The molecule has 1 saturated heterocycles. The van der Waals surface area contributed by atoms with E-state index in [1.54, 1.807) is 0 Å². The molecule has 2 aliphatic rings. The van der Waals surface area contributed by atoms with Crippen LogP contribution in [0.4, 0.5) is 0 Å². The van der Waals surface area contributed by atoms with Gasteiger partial charge in [0.25, 0.3) is 5.17 Å². The summed E-state index contributed by atoms with van der Waals surface area (Å²) in [6, 6.07) is 10.7. The third kappa shape index (κ3) is 4.81. The van der Waals surface area contributed by atoms with E-state index in [1.165, 1.54) is 49.7 Å². The van der Waals surface area contributed by atoms with Crippen LogP contribution in [0.5, 0.6) is 0 Å². The van der Waals surface area contributed by atoms with Crippen molar-refractivity contribution in [2.75, 3.05) is 13.1 Å². The van der Waals surface area contributed by atoms with E-state index >= 15 is 0 Å². The third-order valence-electron chi connectivity index (χ3n) is 4.89. The first kappa shape index (κ1) is 16.5. The Labute approximate surface area is 145 Å². The number of rotatable bonds is 5. The number of hydrogen-bond donors (Lipinski definition) is 0. The van der Waals surface area contributed by atoms with Crippen LogP contribution in [-0.4, -0.2) is 29.3 Å². The Morgan fingerprint density at radius 3 is 2.57 bits per heavy atom. The van der Waals surface area contributed by atoms with E-state index in [0.29, 0.717) is 5.17 Å². The maximum atomic E-state index is 6.28. The van der Waals surface area contributed by atoms with E-state index < -0.39 is 0 Å². The van der Waals surface area contributed by atoms with E-state index in [2.05, 4.69) is 41.3 Å². The molecular weight excluding hydrogens is 302 g/mol. The van der Waals surface area contributed by atoms with Crippen molar-refractivity contribution < 1.29 is 4.74 Å². The maximum absolute atomic E-state index is 6.28. The molecule has 1 aromatic carbocycles. The van der Waals surface area contributed by atoms with Crippen LogP contribution in [0.3, 0.4) is 0 Å². The van der Waals surface area contributed by atoms with Crippen molar-refractivity contribution in [2.45, 2.75) is 57.5 Å². The molecule has 1 aromatic rings. The molecule has 0 saturated carbocycles. The first-order chi connectivity index (χ1) is 11.3. The predicted octanol–water partition coefficient (Wildman–Crippen LogP) is 4.89. The van der Waals surface area contributed by atoms with E-state index in [-0.39, 0.29) is 6.10 Å². The second-order valence-corrected chi connectivity index (χ2v) is 6.96. The highest BCUT2D eigenvalue weighted by Gasteiger charge is 2.23.